The number of hydrogen-bond donors (Lipinski definition) is 1. The number of benzene rings is 2. The minimum absolute atomic E-state index is 0.0451. The molecule has 0 radical (unpaired) electrons. The minimum atomic E-state index is -3.77. The second-order valence-corrected chi connectivity index (χ2v) is 9.59. The number of morpholine rings is 1. The number of nitrogens with one attached hydrogen (secondary N) is 1. The Kier molecular flexibility index (Phi) is 7.65. The van der Waals surface area contributed by atoms with Gasteiger partial charge in [-0.1, -0.05) is 36.4 Å². The molecule has 0 aromatic heterocycles. The quantitative estimate of drug-likeness (QED) is 0.637. The molecular formula is C23H28N2O6S. The summed E-state index contributed by atoms with van der Waals surface area (Å²) in [6.07, 6.45) is -1.05. The molecule has 0 aliphatic carbocycles. The zero-order valence-electron chi connectivity index (χ0n) is 18.4. The molecule has 9 heteroatoms. The second-order valence-electron chi connectivity index (χ2n) is 7.69. The van der Waals surface area contributed by atoms with Crippen LogP contribution in [0.5, 0.6) is 0 Å². The van der Waals surface area contributed by atoms with Crippen molar-refractivity contribution in [2.45, 2.75) is 37.8 Å². The summed E-state index contributed by atoms with van der Waals surface area (Å²) in [7, 11) is -3.77. The summed E-state index contributed by atoms with van der Waals surface area (Å²) < 4.78 is 37.9. The van der Waals surface area contributed by atoms with Crippen LogP contribution in [0.25, 0.3) is 0 Å². The van der Waals surface area contributed by atoms with E-state index in [9.17, 15) is 18.0 Å². The molecule has 2 aromatic rings. The Bertz CT molecular complexity index is 1070. The summed E-state index contributed by atoms with van der Waals surface area (Å²) >= 11 is 0. The van der Waals surface area contributed by atoms with Crippen molar-refractivity contribution in [3.8, 4) is 0 Å². The van der Waals surface area contributed by atoms with E-state index in [4.69, 9.17) is 9.47 Å². The summed E-state index contributed by atoms with van der Waals surface area (Å²) in [6, 6.07) is 13.5. The van der Waals surface area contributed by atoms with Crippen LogP contribution in [0, 0.1) is 6.92 Å². The number of carbonyl (C=O) groups is 2. The van der Waals surface area contributed by atoms with Crippen molar-refractivity contribution in [1.82, 2.24) is 9.62 Å². The molecule has 1 amide bonds. The van der Waals surface area contributed by atoms with Crippen LogP contribution >= 0.6 is 0 Å². The van der Waals surface area contributed by atoms with Gasteiger partial charge in [-0.2, -0.15) is 4.31 Å². The topological polar surface area (TPSA) is 102 Å². The average Bonchev–Trinajstić information content (AvgIpc) is 2.80. The number of nitrogens with zero attached hydrogens (tertiary/aromatic N) is 1. The summed E-state index contributed by atoms with van der Waals surface area (Å²) in [5, 5.41) is 2.81. The van der Waals surface area contributed by atoms with E-state index < -0.39 is 28.0 Å². The number of amides is 1. The Balaban J connectivity index is 1.69. The van der Waals surface area contributed by atoms with E-state index >= 15 is 0 Å². The van der Waals surface area contributed by atoms with Crippen molar-refractivity contribution in [2.75, 3.05) is 26.3 Å². The molecule has 3 rings (SSSR count). The fourth-order valence-corrected chi connectivity index (χ4v) is 5.03. The molecule has 1 aliphatic heterocycles. The van der Waals surface area contributed by atoms with Gasteiger partial charge in [0.15, 0.2) is 6.10 Å². The highest BCUT2D eigenvalue weighted by Gasteiger charge is 2.29. The molecular weight excluding hydrogens is 432 g/mol. The summed E-state index contributed by atoms with van der Waals surface area (Å²) in [5.74, 6) is -1.21. The van der Waals surface area contributed by atoms with Gasteiger partial charge >= 0.3 is 5.97 Å². The Labute approximate surface area is 188 Å². The van der Waals surface area contributed by atoms with Crippen molar-refractivity contribution in [3.05, 3.63) is 65.2 Å². The van der Waals surface area contributed by atoms with Crippen molar-refractivity contribution < 1.29 is 27.5 Å². The van der Waals surface area contributed by atoms with Crippen LogP contribution in [-0.2, 0) is 24.3 Å². The third-order valence-electron chi connectivity index (χ3n) is 5.32. The third kappa shape index (κ3) is 5.53. The van der Waals surface area contributed by atoms with Gasteiger partial charge in [0.25, 0.3) is 5.91 Å². The van der Waals surface area contributed by atoms with Crippen LogP contribution in [0.1, 0.15) is 41.4 Å². The van der Waals surface area contributed by atoms with Crippen LogP contribution in [0.2, 0.25) is 0 Å². The largest absolute Gasteiger partial charge is 0.449 e. The van der Waals surface area contributed by atoms with Gasteiger partial charge in [0.1, 0.15) is 0 Å². The molecule has 2 atom stereocenters. The van der Waals surface area contributed by atoms with Gasteiger partial charge in [0.05, 0.1) is 29.7 Å². The maximum Gasteiger partial charge on any atom is 0.338 e. The van der Waals surface area contributed by atoms with E-state index in [1.54, 1.807) is 13.0 Å². The lowest BCUT2D eigenvalue weighted by Crippen LogP contribution is -2.41. The zero-order valence-corrected chi connectivity index (χ0v) is 19.2. The molecule has 1 saturated heterocycles. The molecule has 0 saturated carbocycles. The second kappa shape index (κ2) is 10.2. The predicted octanol–water partition coefficient (Wildman–Crippen LogP) is 2.44. The van der Waals surface area contributed by atoms with Crippen LogP contribution in [0.3, 0.4) is 0 Å². The lowest BCUT2D eigenvalue weighted by Gasteiger charge is -2.26. The van der Waals surface area contributed by atoms with Crippen LogP contribution in [-0.4, -0.2) is 57.0 Å². The van der Waals surface area contributed by atoms with Gasteiger partial charge in [-0.15, -0.1) is 0 Å². The van der Waals surface area contributed by atoms with Gasteiger partial charge in [-0.3, -0.25) is 4.79 Å². The Morgan fingerprint density at radius 3 is 2.38 bits per heavy atom. The molecule has 1 heterocycles. The van der Waals surface area contributed by atoms with E-state index in [-0.39, 0.29) is 29.6 Å². The average molecular weight is 461 g/mol. The lowest BCUT2D eigenvalue weighted by molar-refractivity contribution is -0.129. The summed E-state index contributed by atoms with van der Waals surface area (Å²) in [4.78, 5) is 25.2. The molecule has 1 aliphatic rings. The number of carbonyl (C=O) groups excluding carboxylic acids is 2. The van der Waals surface area contributed by atoms with Crippen molar-refractivity contribution in [2.24, 2.45) is 0 Å². The zero-order chi connectivity index (χ0) is 23.3. The van der Waals surface area contributed by atoms with E-state index in [1.807, 2.05) is 37.3 Å². The first kappa shape index (κ1) is 23.9. The van der Waals surface area contributed by atoms with E-state index in [1.165, 1.54) is 23.4 Å². The fourth-order valence-electron chi connectivity index (χ4n) is 3.37. The van der Waals surface area contributed by atoms with Gasteiger partial charge in [-0.05, 0) is 44.0 Å². The highest BCUT2D eigenvalue weighted by molar-refractivity contribution is 7.89. The summed E-state index contributed by atoms with van der Waals surface area (Å²) in [5.41, 5.74) is 1.52. The first-order valence-electron chi connectivity index (χ1n) is 10.4. The Morgan fingerprint density at radius 1 is 1.06 bits per heavy atom. The molecule has 2 aromatic carbocycles. The standard InChI is InChI=1S/C23H28N2O6S/c1-16-9-10-20(15-21(16)32(28,29)25-11-13-30-14-12-25)23(27)31-18(3)22(26)24-17(2)19-7-5-4-6-8-19/h4-10,15,17-18H,11-14H2,1-3H3,(H,24,26). The molecule has 0 spiro atoms. The summed E-state index contributed by atoms with van der Waals surface area (Å²) in [6.45, 7) is 6.15. The van der Waals surface area contributed by atoms with E-state index in [0.29, 0.717) is 18.8 Å². The highest BCUT2D eigenvalue weighted by Crippen LogP contribution is 2.23. The van der Waals surface area contributed by atoms with Gasteiger partial charge in [0, 0.05) is 13.1 Å². The first-order valence-corrected chi connectivity index (χ1v) is 11.9. The first-order chi connectivity index (χ1) is 15.2. The van der Waals surface area contributed by atoms with Crippen LogP contribution in [0.15, 0.2) is 53.4 Å². The normalized spacial score (nSPS) is 16.7. The molecule has 1 fully saturated rings. The molecule has 2 unspecified atom stereocenters. The van der Waals surface area contributed by atoms with Crippen molar-refractivity contribution in [1.29, 1.82) is 0 Å². The van der Waals surface area contributed by atoms with E-state index in [0.717, 1.165) is 5.56 Å². The molecule has 8 nitrogen and oxygen atoms in total. The van der Waals surface area contributed by atoms with E-state index in [2.05, 4.69) is 5.32 Å². The number of rotatable bonds is 7. The fraction of sp³-hybridized carbons (Fsp3) is 0.391. The Morgan fingerprint density at radius 2 is 1.72 bits per heavy atom. The number of esters is 1. The van der Waals surface area contributed by atoms with Gasteiger partial charge < -0.3 is 14.8 Å². The Hall–Kier alpha value is -2.75. The number of aryl methyl sites for hydroxylation is 1. The SMILES string of the molecule is Cc1ccc(C(=O)OC(C)C(=O)NC(C)c2ccccc2)cc1S(=O)(=O)N1CCOCC1. The van der Waals surface area contributed by atoms with Crippen LogP contribution < -0.4 is 5.32 Å². The van der Waals surface area contributed by atoms with Gasteiger partial charge in [0.2, 0.25) is 10.0 Å². The third-order valence-corrected chi connectivity index (χ3v) is 7.36. The number of hydrogen-bond acceptors (Lipinski definition) is 6. The maximum atomic E-state index is 13.0. The highest BCUT2D eigenvalue weighted by atomic mass is 32.2. The monoisotopic (exact) mass is 460 g/mol. The van der Waals surface area contributed by atoms with Crippen molar-refractivity contribution in [3.63, 3.8) is 0 Å². The molecule has 32 heavy (non-hydrogen) atoms. The number of ether oxygens (including phenoxy) is 2. The maximum absolute atomic E-state index is 13.0. The van der Waals surface area contributed by atoms with Gasteiger partial charge in [-0.25, -0.2) is 13.2 Å². The lowest BCUT2D eigenvalue weighted by atomic mass is 10.1. The van der Waals surface area contributed by atoms with Crippen LogP contribution in [0.4, 0.5) is 0 Å². The molecule has 0 bridgehead atoms. The minimum Gasteiger partial charge on any atom is -0.449 e. The molecule has 172 valence electrons. The smallest absolute Gasteiger partial charge is 0.338 e. The van der Waals surface area contributed by atoms with Crippen molar-refractivity contribution >= 4 is 21.9 Å². The molecule has 1 N–H and O–H groups in total. The predicted molar refractivity (Wildman–Crippen MR) is 119 cm³/mol. The number of sulfonamides is 1.